The first kappa shape index (κ1) is 13.9. The van der Waals surface area contributed by atoms with Gasteiger partial charge in [0.2, 0.25) is 0 Å². The Balaban J connectivity index is 1.43. The molecule has 0 amide bonds. The quantitative estimate of drug-likeness (QED) is 0.937. The van der Waals surface area contributed by atoms with Crippen LogP contribution in [0.25, 0.3) is 0 Å². The number of likely N-dealkylation sites (tertiary alicyclic amines) is 1. The van der Waals surface area contributed by atoms with E-state index in [1.807, 2.05) is 35.4 Å². The van der Waals surface area contributed by atoms with Gasteiger partial charge in [-0.1, -0.05) is 6.07 Å². The summed E-state index contributed by atoms with van der Waals surface area (Å²) in [6.07, 6.45) is 9.16. The van der Waals surface area contributed by atoms with Crippen molar-refractivity contribution in [2.45, 2.75) is 31.5 Å². The van der Waals surface area contributed by atoms with E-state index in [1.165, 1.54) is 5.56 Å². The summed E-state index contributed by atoms with van der Waals surface area (Å²) in [5, 5.41) is 14.8. The summed E-state index contributed by atoms with van der Waals surface area (Å²) in [6, 6.07) is 6.20. The van der Waals surface area contributed by atoms with Crippen molar-refractivity contribution in [3.05, 3.63) is 48.5 Å². The monoisotopic (exact) mass is 298 g/mol. The Morgan fingerprint density at radius 3 is 2.73 bits per heavy atom. The van der Waals surface area contributed by atoms with Crippen LogP contribution < -0.4 is 0 Å². The van der Waals surface area contributed by atoms with Crippen LogP contribution in [0.5, 0.6) is 0 Å². The zero-order valence-corrected chi connectivity index (χ0v) is 12.6. The molecule has 0 unspecified atom stereocenters. The number of aliphatic hydroxyl groups is 1. The highest BCUT2D eigenvalue weighted by atomic mass is 16.3. The van der Waals surface area contributed by atoms with Crippen molar-refractivity contribution in [3.8, 4) is 0 Å². The van der Waals surface area contributed by atoms with Crippen LogP contribution in [-0.4, -0.2) is 44.0 Å². The highest BCUT2D eigenvalue weighted by molar-refractivity contribution is 5.09. The van der Waals surface area contributed by atoms with E-state index >= 15 is 0 Å². The first-order valence-electron chi connectivity index (χ1n) is 8.08. The van der Waals surface area contributed by atoms with Gasteiger partial charge in [-0.15, -0.1) is 0 Å². The Bertz CT molecular complexity index is 600. The van der Waals surface area contributed by atoms with Crippen LogP contribution in [0, 0.1) is 11.8 Å². The van der Waals surface area contributed by atoms with Gasteiger partial charge in [0.05, 0.1) is 12.1 Å². The Morgan fingerprint density at radius 1 is 1.14 bits per heavy atom. The molecule has 1 aliphatic heterocycles. The van der Waals surface area contributed by atoms with Gasteiger partial charge < -0.3 is 5.11 Å². The van der Waals surface area contributed by atoms with Gasteiger partial charge in [-0.3, -0.25) is 14.6 Å². The van der Waals surface area contributed by atoms with Gasteiger partial charge in [-0.25, -0.2) is 0 Å². The van der Waals surface area contributed by atoms with E-state index in [2.05, 4.69) is 21.0 Å². The molecule has 1 saturated heterocycles. The molecular formula is C17H22N4O. The van der Waals surface area contributed by atoms with Gasteiger partial charge in [0.25, 0.3) is 0 Å². The minimum atomic E-state index is -0.278. The molecule has 5 heteroatoms. The Kier molecular flexibility index (Phi) is 3.68. The van der Waals surface area contributed by atoms with Crippen LogP contribution in [0.2, 0.25) is 0 Å². The first-order valence-corrected chi connectivity index (χ1v) is 8.08. The number of hydrogen-bond donors (Lipinski definition) is 1. The third kappa shape index (κ3) is 2.66. The maximum atomic E-state index is 10.5. The van der Waals surface area contributed by atoms with Gasteiger partial charge in [-0.05, 0) is 42.4 Å². The van der Waals surface area contributed by atoms with Gasteiger partial charge in [-0.2, -0.15) is 5.10 Å². The molecule has 0 radical (unpaired) electrons. The van der Waals surface area contributed by atoms with Crippen molar-refractivity contribution in [2.75, 3.05) is 13.1 Å². The van der Waals surface area contributed by atoms with Crippen molar-refractivity contribution in [3.63, 3.8) is 0 Å². The van der Waals surface area contributed by atoms with Crippen LogP contribution in [0.4, 0.5) is 0 Å². The number of aliphatic hydroxyl groups excluding tert-OH is 1. The highest BCUT2D eigenvalue weighted by Crippen LogP contribution is 2.41. The summed E-state index contributed by atoms with van der Waals surface area (Å²) in [5.41, 5.74) is 1.27. The largest absolute Gasteiger partial charge is 0.391 e. The molecule has 4 rings (SSSR count). The average molecular weight is 298 g/mol. The predicted octanol–water partition coefficient (Wildman–Crippen LogP) is 1.72. The third-order valence-corrected chi connectivity index (χ3v) is 5.18. The number of hydrogen-bond acceptors (Lipinski definition) is 4. The molecule has 0 bridgehead atoms. The summed E-state index contributed by atoms with van der Waals surface area (Å²) < 4.78 is 1.94. The van der Waals surface area contributed by atoms with Gasteiger partial charge >= 0.3 is 0 Å². The maximum absolute atomic E-state index is 10.5. The molecule has 0 aromatic carbocycles. The van der Waals surface area contributed by atoms with E-state index in [4.69, 9.17) is 0 Å². The fourth-order valence-corrected chi connectivity index (χ4v) is 4.14. The molecule has 2 fully saturated rings. The second-order valence-electron chi connectivity index (χ2n) is 6.67. The van der Waals surface area contributed by atoms with E-state index < -0.39 is 0 Å². The number of aromatic nitrogens is 3. The summed E-state index contributed by atoms with van der Waals surface area (Å²) in [5.74, 6) is 1.27. The lowest BCUT2D eigenvalue weighted by atomic mass is 9.77. The Hall–Kier alpha value is -1.72. The maximum Gasteiger partial charge on any atom is 0.0781 e. The molecule has 2 aromatic heterocycles. The lowest BCUT2D eigenvalue weighted by molar-refractivity contribution is 0.0306. The normalized spacial score (nSPS) is 32.0. The fourth-order valence-electron chi connectivity index (χ4n) is 4.14. The van der Waals surface area contributed by atoms with Crippen molar-refractivity contribution in [1.29, 1.82) is 0 Å². The standard InChI is InChI=1S/C17H22N4O/c22-17-8-15-12-20(10-13-3-1-4-18-9-13)11-14(15)7-16(17)21-6-2-5-19-21/h1-6,9,14-17,22H,7-8,10-12H2/t14-,15+,16-,17-/m0/s1. The second-order valence-corrected chi connectivity index (χ2v) is 6.67. The number of fused-ring (bicyclic) bond motifs is 1. The summed E-state index contributed by atoms with van der Waals surface area (Å²) in [7, 11) is 0. The molecule has 1 N–H and O–H groups in total. The lowest BCUT2D eigenvalue weighted by Gasteiger charge is -2.35. The molecule has 22 heavy (non-hydrogen) atoms. The molecule has 4 atom stereocenters. The lowest BCUT2D eigenvalue weighted by Crippen LogP contribution is -2.36. The number of rotatable bonds is 3. The van der Waals surface area contributed by atoms with Crippen LogP contribution >= 0.6 is 0 Å². The first-order chi connectivity index (χ1) is 10.8. The van der Waals surface area contributed by atoms with E-state index in [0.29, 0.717) is 11.8 Å². The van der Waals surface area contributed by atoms with E-state index in [1.54, 1.807) is 6.20 Å². The van der Waals surface area contributed by atoms with Crippen LogP contribution in [0.1, 0.15) is 24.4 Å². The van der Waals surface area contributed by atoms with Crippen molar-refractivity contribution < 1.29 is 5.11 Å². The Labute approximate surface area is 130 Å². The van der Waals surface area contributed by atoms with Crippen LogP contribution in [0.3, 0.4) is 0 Å². The fraction of sp³-hybridized carbons (Fsp3) is 0.529. The molecule has 116 valence electrons. The number of nitrogens with zero attached hydrogens (tertiary/aromatic N) is 4. The molecule has 2 aliphatic rings. The molecule has 2 aromatic rings. The van der Waals surface area contributed by atoms with Gasteiger partial charge in [0.15, 0.2) is 0 Å². The zero-order chi connectivity index (χ0) is 14.9. The molecule has 1 saturated carbocycles. The smallest absolute Gasteiger partial charge is 0.0781 e. The van der Waals surface area contributed by atoms with Gasteiger partial charge in [0, 0.05) is 44.4 Å². The summed E-state index contributed by atoms with van der Waals surface area (Å²) >= 11 is 0. The minimum absolute atomic E-state index is 0.134. The number of pyridine rings is 1. The van der Waals surface area contributed by atoms with Crippen LogP contribution in [0.15, 0.2) is 43.0 Å². The molecule has 1 aliphatic carbocycles. The summed E-state index contributed by atoms with van der Waals surface area (Å²) in [4.78, 5) is 6.70. The van der Waals surface area contributed by atoms with E-state index in [9.17, 15) is 5.11 Å². The zero-order valence-electron chi connectivity index (χ0n) is 12.6. The van der Waals surface area contributed by atoms with Crippen molar-refractivity contribution in [2.24, 2.45) is 11.8 Å². The highest BCUT2D eigenvalue weighted by Gasteiger charge is 2.42. The topological polar surface area (TPSA) is 54.2 Å². The van der Waals surface area contributed by atoms with Crippen molar-refractivity contribution in [1.82, 2.24) is 19.7 Å². The molecule has 3 heterocycles. The average Bonchev–Trinajstić information content (AvgIpc) is 3.16. The Morgan fingerprint density at radius 2 is 2.00 bits per heavy atom. The minimum Gasteiger partial charge on any atom is -0.391 e. The molecule has 0 spiro atoms. The SMILES string of the molecule is O[C@H]1C[C@@H]2CN(Cc3cccnc3)C[C@@H]2C[C@@H]1n1cccn1. The predicted molar refractivity (Wildman–Crippen MR) is 83.0 cm³/mol. The molecular weight excluding hydrogens is 276 g/mol. The van der Waals surface area contributed by atoms with Crippen LogP contribution in [-0.2, 0) is 6.54 Å². The third-order valence-electron chi connectivity index (χ3n) is 5.18. The van der Waals surface area contributed by atoms with E-state index in [-0.39, 0.29) is 12.1 Å². The van der Waals surface area contributed by atoms with Gasteiger partial charge in [0.1, 0.15) is 0 Å². The second kappa shape index (κ2) is 5.82. The van der Waals surface area contributed by atoms with E-state index in [0.717, 1.165) is 32.5 Å². The summed E-state index contributed by atoms with van der Waals surface area (Å²) in [6.45, 7) is 3.16. The van der Waals surface area contributed by atoms with Crippen molar-refractivity contribution >= 4 is 0 Å². The molecule has 5 nitrogen and oxygen atoms in total.